The minimum atomic E-state index is -4.91. The fraction of sp³-hybridized carbons (Fsp3) is 0.431. The molecule has 6 atom stereocenters. The van der Waals surface area contributed by atoms with Crippen molar-refractivity contribution in [2.45, 2.75) is 122 Å². The van der Waals surface area contributed by atoms with Crippen LogP contribution in [0.15, 0.2) is 54.6 Å². The molecule has 0 radical (unpaired) electrons. The lowest BCUT2D eigenvalue weighted by Gasteiger charge is -2.33. The Hall–Kier alpha value is -8.57. The van der Waals surface area contributed by atoms with Crippen molar-refractivity contribution in [1.29, 1.82) is 0 Å². The monoisotopic (exact) mass is 1350 g/mol. The van der Waals surface area contributed by atoms with Crippen LogP contribution in [0.5, 0.6) is 0 Å². The van der Waals surface area contributed by atoms with Crippen LogP contribution < -0.4 is 16.0 Å². The third-order valence-corrected chi connectivity index (χ3v) is 16.8. The van der Waals surface area contributed by atoms with Crippen LogP contribution in [0.1, 0.15) is 91.6 Å². The summed E-state index contributed by atoms with van der Waals surface area (Å²) < 4.78 is 83.8. The molecule has 498 valence electrons. The van der Waals surface area contributed by atoms with E-state index in [0.717, 1.165) is 32.6 Å². The number of benzene rings is 3. The third-order valence-electron chi connectivity index (χ3n) is 16.2. The number of aromatic nitrogens is 6. The summed E-state index contributed by atoms with van der Waals surface area (Å²) in [6.07, 6.45) is -5.54. The fourth-order valence-corrected chi connectivity index (χ4v) is 11.8. The Labute approximate surface area is 535 Å². The number of amides is 9. The molecule has 35 heteroatoms. The maximum absolute atomic E-state index is 13.6. The summed E-state index contributed by atoms with van der Waals surface area (Å²) in [6, 6.07) is 7.88. The molecule has 3 aromatic carbocycles. The van der Waals surface area contributed by atoms with Crippen molar-refractivity contribution in [3.8, 4) is 0 Å². The van der Waals surface area contributed by atoms with Crippen molar-refractivity contribution in [1.82, 2.24) is 59.2 Å². The van der Waals surface area contributed by atoms with Crippen LogP contribution in [0.4, 0.5) is 57.8 Å². The van der Waals surface area contributed by atoms with Gasteiger partial charge in [-0.25, -0.2) is 42.7 Å². The topological polar surface area (TPSA) is 300 Å². The Bertz CT molecular complexity index is 3750. The number of nitrogens with zero attached hydrogens (tertiary/aromatic N) is 12. The van der Waals surface area contributed by atoms with E-state index in [0.29, 0.717) is 76.5 Å². The molecule has 0 bridgehead atoms. The number of hydrogen-bond acceptors (Lipinski definition) is 15. The highest BCUT2D eigenvalue weighted by atomic mass is 35.5. The van der Waals surface area contributed by atoms with E-state index in [9.17, 15) is 70.4 Å². The van der Waals surface area contributed by atoms with Gasteiger partial charge in [0.1, 0.15) is 52.8 Å². The average Bonchev–Trinajstić information content (AvgIpc) is 1.65. The lowest BCUT2D eigenvalue weighted by atomic mass is 9.99. The molecule has 9 amide bonds. The summed E-state index contributed by atoms with van der Waals surface area (Å²) in [4.78, 5) is 98.0. The average molecular weight is 1350 g/mol. The Morgan fingerprint density at radius 1 is 0.516 bits per heavy atom. The first-order valence-corrected chi connectivity index (χ1v) is 29.7. The molecule has 0 aliphatic carbocycles. The van der Waals surface area contributed by atoms with E-state index in [4.69, 9.17) is 37.7 Å². The fourth-order valence-electron chi connectivity index (χ4n) is 11.5. The number of fused-ring (bicyclic) bond motifs is 9. The quantitative estimate of drug-likeness (QED) is 0.0975. The van der Waals surface area contributed by atoms with Gasteiger partial charge in [-0.15, -0.1) is 0 Å². The smallest absolute Gasteiger partial charge is 0.393 e. The molecule has 0 spiro atoms. The van der Waals surface area contributed by atoms with Crippen LogP contribution in [0.25, 0.3) is 0 Å². The molecule has 6 aliphatic heterocycles. The predicted octanol–water partition coefficient (Wildman–Crippen LogP) is 6.46. The van der Waals surface area contributed by atoms with Gasteiger partial charge >= 0.3 is 24.3 Å². The second kappa shape index (κ2) is 27.2. The lowest BCUT2D eigenvalue weighted by Crippen LogP contribution is -2.45. The van der Waals surface area contributed by atoms with Gasteiger partial charge in [0, 0.05) is 92.3 Å². The van der Waals surface area contributed by atoms with E-state index >= 15 is 0 Å². The zero-order valence-corrected chi connectivity index (χ0v) is 52.1. The predicted molar refractivity (Wildman–Crippen MR) is 316 cm³/mol. The number of aliphatic hydroxyl groups excluding tert-OH is 3. The highest BCUT2D eigenvalue weighted by Gasteiger charge is 2.42. The molecule has 6 aliphatic rings. The summed E-state index contributed by atoms with van der Waals surface area (Å²) in [5.41, 5.74) is 3.85. The van der Waals surface area contributed by atoms with Crippen LogP contribution in [0.2, 0.25) is 10.0 Å². The van der Waals surface area contributed by atoms with Gasteiger partial charge in [-0.3, -0.25) is 42.9 Å². The maximum atomic E-state index is 13.6. The molecular formula is C58H63Cl2F6N15O12. The number of carbonyl (C=O) groups is 6. The first-order valence-electron chi connectivity index (χ1n) is 29.0. The number of alkyl halides is 3. The Kier molecular flexibility index (Phi) is 19.7. The summed E-state index contributed by atoms with van der Waals surface area (Å²) >= 11 is 11.6. The van der Waals surface area contributed by atoms with E-state index in [1.807, 2.05) is 13.8 Å². The molecule has 0 saturated carbocycles. The van der Waals surface area contributed by atoms with Gasteiger partial charge in [0.05, 0.1) is 91.8 Å². The molecule has 6 N–H and O–H groups in total. The molecule has 0 saturated heterocycles. The summed E-state index contributed by atoms with van der Waals surface area (Å²) in [5, 5.41) is 52.8. The number of anilines is 3. The van der Waals surface area contributed by atoms with Crippen LogP contribution in [0.3, 0.4) is 0 Å². The first-order chi connectivity index (χ1) is 44.0. The van der Waals surface area contributed by atoms with Gasteiger partial charge in [0.25, 0.3) is 17.7 Å². The highest BCUT2D eigenvalue weighted by molar-refractivity contribution is 6.31. The van der Waals surface area contributed by atoms with Gasteiger partial charge in [-0.1, -0.05) is 23.2 Å². The largest absolute Gasteiger partial charge is 0.419 e. The first kappa shape index (κ1) is 67.3. The normalized spacial score (nSPS) is 21.1. The summed E-state index contributed by atoms with van der Waals surface area (Å²) in [7, 11) is 4.37. The van der Waals surface area contributed by atoms with E-state index in [1.54, 1.807) is 26.1 Å². The SMILES string of the molecule is C[C@@H]1Cc2nn3c(c2CN1C(=O)Nc1ccc(F)c(C(F)(F)F)c1)C(=O)N(C)O[C@H](CO)C3.C[C@@H]1Cc2nn3c(c2CN1C(=O)Nc1ccc(F)c(Cl)c1)C(=O)N(C)O[C@@H](CO)C3.C[C@@H]1Cc2nn3c(c2CN1C(=O)Nc1ccc(F)c(Cl)c1)C(=O)N(C)O[C@H](CO)C3. The molecule has 27 nitrogen and oxygen atoms in total. The van der Waals surface area contributed by atoms with Crippen molar-refractivity contribution in [2.75, 3.05) is 56.9 Å². The minimum absolute atomic E-state index is 0.0195. The molecule has 9 heterocycles. The second-order valence-electron chi connectivity index (χ2n) is 22.8. The number of carbonyl (C=O) groups excluding carboxylic acids is 6. The highest BCUT2D eigenvalue weighted by Crippen LogP contribution is 2.36. The van der Waals surface area contributed by atoms with Crippen LogP contribution in [0, 0.1) is 17.5 Å². The van der Waals surface area contributed by atoms with Crippen molar-refractivity contribution < 1.29 is 84.9 Å². The number of nitrogens with one attached hydrogen (secondary N) is 3. The van der Waals surface area contributed by atoms with Gasteiger partial charge in [-0.2, -0.15) is 28.5 Å². The van der Waals surface area contributed by atoms with E-state index in [2.05, 4.69) is 31.2 Å². The van der Waals surface area contributed by atoms with E-state index < -0.39 is 71.5 Å². The summed E-state index contributed by atoms with van der Waals surface area (Å²) in [5.74, 6) is -3.86. The number of hydroxylamine groups is 6. The van der Waals surface area contributed by atoms with Crippen LogP contribution >= 0.6 is 23.2 Å². The van der Waals surface area contributed by atoms with Crippen molar-refractivity contribution in [3.05, 3.63) is 139 Å². The minimum Gasteiger partial charge on any atom is -0.393 e. The number of urea groups is 3. The number of aliphatic hydroxyl groups is 3. The van der Waals surface area contributed by atoms with Crippen molar-refractivity contribution >= 4 is 76.1 Å². The Morgan fingerprint density at radius 3 is 1.09 bits per heavy atom. The molecule has 12 rings (SSSR count). The number of rotatable bonds is 6. The standard InChI is InChI=1S/C20H21F4N5O4.2C19H21ClFN5O4/c1-10-5-16-13(17-18(31)27(2)33-12(9-30)7-29(17)26-16)8-28(10)19(32)25-11-3-4-15(21)14(6-11)20(22,23)24;2*1-10-5-16-13(17-18(28)24(2)30-12(9-27)7-26(17)23-16)8-25(10)19(29)22-11-3-4-15(21)14(20)6-11/h3-4,6,10,12,30H,5,7-9H2,1-2H3,(H,25,32);2*3-4,6,10,12,27H,5,7-9H2,1-2H3,(H,22,29)/t2*10-,12+;10-,12-/m111/s1. The molecule has 93 heavy (non-hydrogen) atoms. The Morgan fingerprint density at radius 2 is 0.806 bits per heavy atom. The molecular weight excluding hydrogens is 1280 g/mol. The second-order valence-corrected chi connectivity index (χ2v) is 23.6. The van der Waals surface area contributed by atoms with Crippen molar-refractivity contribution in [2.24, 2.45) is 0 Å². The maximum Gasteiger partial charge on any atom is 0.419 e. The zero-order chi connectivity index (χ0) is 67.2. The van der Waals surface area contributed by atoms with Gasteiger partial charge in [0.15, 0.2) is 0 Å². The van der Waals surface area contributed by atoms with Gasteiger partial charge in [0.2, 0.25) is 0 Å². The van der Waals surface area contributed by atoms with Gasteiger partial charge in [-0.05, 0) is 75.4 Å². The van der Waals surface area contributed by atoms with E-state index in [1.165, 1.54) is 67.1 Å². The number of hydrogen-bond donors (Lipinski definition) is 6. The summed E-state index contributed by atoms with van der Waals surface area (Å²) in [6.45, 7) is 5.59. The zero-order valence-electron chi connectivity index (χ0n) is 50.6. The van der Waals surface area contributed by atoms with Crippen LogP contribution in [-0.2, 0) is 79.2 Å². The molecule has 0 unspecified atom stereocenters. The van der Waals surface area contributed by atoms with Crippen molar-refractivity contribution in [3.63, 3.8) is 0 Å². The molecule has 6 aromatic rings. The molecule has 3 aromatic heterocycles. The third kappa shape index (κ3) is 14.1. The Balaban J connectivity index is 0.000000153. The van der Waals surface area contributed by atoms with Crippen LogP contribution in [-0.4, -0.2) is 188 Å². The van der Waals surface area contributed by atoms with Gasteiger partial charge < -0.3 is 46.0 Å². The number of halogens is 8. The molecule has 0 fully saturated rings. The van der Waals surface area contributed by atoms with E-state index in [-0.39, 0.29) is 110 Å². The lowest BCUT2D eigenvalue weighted by molar-refractivity contribution is -0.159.